The zero-order chi connectivity index (χ0) is 16.2. The first-order valence-electron chi connectivity index (χ1n) is 8.60. The molecule has 0 amide bonds. The highest BCUT2D eigenvalue weighted by molar-refractivity contribution is 5.46. The fourth-order valence-electron chi connectivity index (χ4n) is 3.24. The molecule has 0 aliphatic carbocycles. The van der Waals surface area contributed by atoms with Crippen LogP contribution in [0, 0.1) is 0 Å². The van der Waals surface area contributed by atoms with Crippen molar-refractivity contribution >= 4 is 17.6 Å². The van der Waals surface area contributed by atoms with Crippen molar-refractivity contribution in [3.05, 3.63) is 36.7 Å². The molecule has 1 N–H and O–H groups in total. The molecule has 2 aromatic rings. The Labute approximate surface area is 142 Å². The molecule has 0 saturated carbocycles. The molecule has 4 rings (SSSR count). The Morgan fingerprint density at radius 1 is 0.708 bits per heavy atom. The third-order valence-corrected chi connectivity index (χ3v) is 4.60. The van der Waals surface area contributed by atoms with Gasteiger partial charge in [0.1, 0.15) is 11.6 Å². The van der Waals surface area contributed by atoms with Crippen LogP contribution < -0.4 is 20.0 Å². The molecule has 0 bridgehead atoms. The summed E-state index contributed by atoms with van der Waals surface area (Å²) >= 11 is 0. The van der Waals surface area contributed by atoms with Crippen LogP contribution in [0.4, 0.5) is 17.6 Å². The molecule has 2 aliphatic rings. The quantitative estimate of drug-likeness (QED) is 0.887. The molecule has 0 atom stereocenters. The molecule has 7 nitrogen and oxygen atoms in total. The van der Waals surface area contributed by atoms with Gasteiger partial charge >= 0.3 is 0 Å². The maximum atomic E-state index is 4.80. The predicted octanol–water partition coefficient (Wildman–Crippen LogP) is 0.608. The molecule has 4 heterocycles. The Kier molecular flexibility index (Phi) is 4.42. The third-order valence-electron chi connectivity index (χ3n) is 4.60. The van der Waals surface area contributed by atoms with E-state index < -0.39 is 0 Å². The van der Waals surface area contributed by atoms with E-state index >= 15 is 0 Å². The van der Waals surface area contributed by atoms with Crippen LogP contribution >= 0.6 is 0 Å². The summed E-state index contributed by atoms with van der Waals surface area (Å²) in [5, 5.41) is 3.38. The number of pyridine rings is 1. The molecule has 0 spiro atoms. The Morgan fingerprint density at radius 3 is 2.21 bits per heavy atom. The number of rotatable bonds is 3. The van der Waals surface area contributed by atoms with E-state index in [1.54, 1.807) is 0 Å². The van der Waals surface area contributed by atoms with Gasteiger partial charge < -0.3 is 20.0 Å². The van der Waals surface area contributed by atoms with Gasteiger partial charge in [0.05, 0.1) is 0 Å². The van der Waals surface area contributed by atoms with Crippen molar-refractivity contribution in [1.82, 2.24) is 20.3 Å². The van der Waals surface area contributed by atoms with E-state index in [2.05, 4.69) is 36.1 Å². The topological polar surface area (TPSA) is 60.4 Å². The molecular formula is C17H23N7. The Bertz CT molecular complexity index is 649. The molecule has 0 radical (unpaired) electrons. The first kappa shape index (κ1) is 15.1. The molecule has 24 heavy (non-hydrogen) atoms. The number of aromatic nitrogens is 3. The molecule has 7 heteroatoms. The lowest BCUT2D eigenvalue weighted by Crippen LogP contribution is -2.47. The second-order valence-electron chi connectivity index (χ2n) is 6.11. The van der Waals surface area contributed by atoms with Crippen molar-refractivity contribution in [2.75, 3.05) is 67.1 Å². The van der Waals surface area contributed by atoms with Crippen LogP contribution in [0.3, 0.4) is 0 Å². The van der Waals surface area contributed by atoms with Gasteiger partial charge in [0.25, 0.3) is 0 Å². The maximum Gasteiger partial charge on any atom is 0.227 e. The van der Waals surface area contributed by atoms with Gasteiger partial charge in [-0.05, 0) is 18.2 Å². The van der Waals surface area contributed by atoms with Gasteiger partial charge in [-0.2, -0.15) is 4.98 Å². The summed E-state index contributed by atoms with van der Waals surface area (Å²) in [5.41, 5.74) is 0. The van der Waals surface area contributed by atoms with Crippen LogP contribution in [-0.4, -0.2) is 67.3 Å². The summed E-state index contributed by atoms with van der Waals surface area (Å²) in [6.45, 7) is 7.76. The number of hydrogen-bond donors (Lipinski definition) is 1. The normalized spacial score (nSPS) is 18.8. The molecular weight excluding hydrogens is 302 g/mol. The van der Waals surface area contributed by atoms with Crippen LogP contribution in [0.15, 0.2) is 36.7 Å². The van der Waals surface area contributed by atoms with Crippen molar-refractivity contribution in [1.29, 1.82) is 0 Å². The first-order chi connectivity index (χ1) is 11.9. The average Bonchev–Trinajstić information content (AvgIpc) is 2.70. The summed E-state index contributed by atoms with van der Waals surface area (Å²) in [5.74, 6) is 2.92. The molecule has 2 aliphatic heterocycles. The summed E-state index contributed by atoms with van der Waals surface area (Å²) in [7, 11) is 0. The van der Waals surface area contributed by atoms with Gasteiger partial charge in [0.2, 0.25) is 5.95 Å². The highest BCUT2D eigenvalue weighted by Crippen LogP contribution is 2.18. The molecule has 126 valence electrons. The lowest BCUT2D eigenvalue weighted by molar-refractivity contribution is 0.582. The lowest BCUT2D eigenvalue weighted by atomic mass is 10.3. The highest BCUT2D eigenvalue weighted by Gasteiger charge is 2.21. The van der Waals surface area contributed by atoms with Crippen LogP contribution in [0.25, 0.3) is 0 Å². The van der Waals surface area contributed by atoms with Crippen LogP contribution in [0.1, 0.15) is 0 Å². The van der Waals surface area contributed by atoms with Gasteiger partial charge in [-0.15, -0.1) is 0 Å². The van der Waals surface area contributed by atoms with Crippen molar-refractivity contribution in [3.8, 4) is 0 Å². The van der Waals surface area contributed by atoms with E-state index in [1.807, 2.05) is 30.6 Å². The van der Waals surface area contributed by atoms with Crippen LogP contribution in [-0.2, 0) is 0 Å². The van der Waals surface area contributed by atoms with E-state index in [0.29, 0.717) is 0 Å². The van der Waals surface area contributed by atoms with Crippen molar-refractivity contribution in [3.63, 3.8) is 0 Å². The second-order valence-corrected chi connectivity index (χ2v) is 6.11. The van der Waals surface area contributed by atoms with Crippen molar-refractivity contribution in [2.24, 2.45) is 0 Å². The van der Waals surface area contributed by atoms with Gasteiger partial charge in [0.15, 0.2) is 0 Å². The summed E-state index contributed by atoms with van der Waals surface area (Å²) < 4.78 is 0. The van der Waals surface area contributed by atoms with E-state index in [9.17, 15) is 0 Å². The smallest absolute Gasteiger partial charge is 0.227 e. The predicted molar refractivity (Wildman–Crippen MR) is 95.8 cm³/mol. The zero-order valence-electron chi connectivity index (χ0n) is 13.8. The summed E-state index contributed by atoms with van der Waals surface area (Å²) in [6.07, 6.45) is 3.73. The van der Waals surface area contributed by atoms with E-state index in [-0.39, 0.29) is 0 Å². The van der Waals surface area contributed by atoms with Crippen molar-refractivity contribution < 1.29 is 0 Å². The largest absolute Gasteiger partial charge is 0.354 e. The number of anilines is 3. The lowest BCUT2D eigenvalue weighted by Gasteiger charge is -2.36. The Balaban J connectivity index is 1.42. The number of nitrogens with zero attached hydrogens (tertiary/aromatic N) is 6. The molecule has 0 aromatic carbocycles. The van der Waals surface area contributed by atoms with Gasteiger partial charge in [-0.1, -0.05) is 6.07 Å². The summed E-state index contributed by atoms with van der Waals surface area (Å²) in [6, 6.07) is 8.07. The van der Waals surface area contributed by atoms with Gasteiger partial charge in [-0.25, -0.2) is 9.97 Å². The first-order valence-corrected chi connectivity index (χ1v) is 8.60. The Morgan fingerprint density at radius 2 is 1.46 bits per heavy atom. The summed E-state index contributed by atoms with van der Waals surface area (Å²) in [4.78, 5) is 20.6. The van der Waals surface area contributed by atoms with E-state index in [0.717, 1.165) is 69.9 Å². The molecule has 2 fully saturated rings. The standard InChI is InChI=1S/C17H23N7/c1-2-5-19-15(3-1)23-11-13-24(14-12-23)17-20-6-4-16(21-17)22-9-7-18-8-10-22/h1-6,18H,7-14H2. The maximum absolute atomic E-state index is 4.80. The number of nitrogens with one attached hydrogen (secondary N) is 1. The van der Waals surface area contributed by atoms with E-state index in [4.69, 9.17) is 4.98 Å². The fourth-order valence-corrected chi connectivity index (χ4v) is 3.24. The molecule has 2 saturated heterocycles. The third kappa shape index (κ3) is 3.26. The molecule has 0 unspecified atom stereocenters. The second kappa shape index (κ2) is 7.00. The zero-order valence-corrected chi connectivity index (χ0v) is 13.8. The van der Waals surface area contributed by atoms with Crippen LogP contribution in [0.5, 0.6) is 0 Å². The average molecular weight is 325 g/mol. The minimum atomic E-state index is 0.840. The number of piperazine rings is 2. The number of hydrogen-bond acceptors (Lipinski definition) is 7. The van der Waals surface area contributed by atoms with E-state index in [1.165, 1.54) is 0 Å². The van der Waals surface area contributed by atoms with Gasteiger partial charge in [0, 0.05) is 64.8 Å². The van der Waals surface area contributed by atoms with Crippen molar-refractivity contribution in [2.45, 2.75) is 0 Å². The molecule has 2 aromatic heterocycles. The minimum absolute atomic E-state index is 0.840. The van der Waals surface area contributed by atoms with Gasteiger partial charge in [-0.3, -0.25) is 0 Å². The fraction of sp³-hybridized carbons (Fsp3) is 0.471. The van der Waals surface area contributed by atoms with Crippen LogP contribution in [0.2, 0.25) is 0 Å². The highest BCUT2D eigenvalue weighted by atomic mass is 15.3. The minimum Gasteiger partial charge on any atom is -0.354 e. The SMILES string of the molecule is c1ccc(N2CCN(c3nccc(N4CCNCC4)n3)CC2)nc1. The monoisotopic (exact) mass is 325 g/mol. The Hall–Kier alpha value is -2.41.